The monoisotopic (exact) mass is 322 g/mol. The van der Waals surface area contributed by atoms with Gasteiger partial charge in [-0.3, -0.25) is 4.79 Å². The number of amides is 1. The minimum atomic E-state index is -2.88. The number of nitrogens with one attached hydrogen (secondary N) is 1. The van der Waals surface area contributed by atoms with Crippen LogP contribution >= 0.6 is 0 Å². The molecule has 0 saturated heterocycles. The summed E-state index contributed by atoms with van der Waals surface area (Å²) in [5, 5.41) is 3.92. The van der Waals surface area contributed by atoms with Crippen molar-refractivity contribution in [2.45, 2.75) is 13.5 Å². The number of carbonyl (C=O) groups is 1. The molecule has 0 spiro atoms. The van der Waals surface area contributed by atoms with Crippen LogP contribution in [-0.4, -0.2) is 18.2 Å². The average Bonchev–Trinajstić information content (AvgIpc) is 2.53. The number of hydrazone groups is 1. The first-order valence-electron chi connectivity index (χ1n) is 6.61. The van der Waals surface area contributed by atoms with Crippen LogP contribution in [0.25, 0.3) is 0 Å². The number of nitrogens with zero attached hydrogens (tertiary/aromatic N) is 1. The van der Waals surface area contributed by atoms with E-state index in [0.29, 0.717) is 11.3 Å². The van der Waals surface area contributed by atoms with Crippen molar-refractivity contribution in [1.29, 1.82) is 0 Å². The SMILES string of the molecule is CC(=NNC(=O)c1ccc(F)cc1)c1ccc(OC(F)F)cc1. The van der Waals surface area contributed by atoms with Gasteiger partial charge in [0.15, 0.2) is 0 Å². The molecule has 4 nitrogen and oxygen atoms in total. The molecule has 2 rings (SSSR count). The molecule has 120 valence electrons. The van der Waals surface area contributed by atoms with Gasteiger partial charge in [0.1, 0.15) is 11.6 Å². The van der Waals surface area contributed by atoms with E-state index in [1.165, 1.54) is 36.4 Å². The van der Waals surface area contributed by atoms with Crippen LogP contribution in [0.1, 0.15) is 22.8 Å². The van der Waals surface area contributed by atoms with Crippen molar-refractivity contribution in [2.75, 3.05) is 0 Å². The van der Waals surface area contributed by atoms with Crippen LogP contribution in [0.15, 0.2) is 53.6 Å². The van der Waals surface area contributed by atoms with Crippen LogP contribution < -0.4 is 10.2 Å². The number of ether oxygens (including phenoxy) is 1. The van der Waals surface area contributed by atoms with Crippen molar-refractivity contribution in [1.82, 2.24) is 5.43 Å². The summed E-state index contributed by atoms with van der Waals surface area (Å²) in [4.78, 5) is 11.8. The summed E-state index contributed by atoms with van der Waals surface area (Å²) in [5.41, 5.74) is 3.71. The van der Waals surface area contributed by atoms with Gasteiger partial charge in [-0.25, -0.2) is 9.82 Å². The summed E-state index contributed by atoms with van der Waals surface area (Å²) in [5.74, 6) is -0.888. The molecule has 0 fully saturated rings. The molecule has 0 bridgehead atoms. The molecule has 7 heteroatoms. The Kier molecular flexibility index (Phi) is 5.35. The Morgan fingerprint density at radius 3 is 2.17 bits per heavy atom. The first kappa shape index (κ1) is 16.5. The molecule has 0 aromatic heterocycles. The van der Waals surface area contributed by atoms with Gasteiger partial charge in [0.05, 0.1) is 5.71 Å². The highest BCUT2D eigenvalue weighted by molar-refractivity contribution is 6.00. The minimum absolute atomic E-state index is 0.0342. The van der Waals surface area contributed by atoms with Crippen LogP contribution in [0.3, 0.4) is 0 Å². The number of benzene rings is 2. The highest BCUT2D eigenvalue weighted by atomic mass is 19.3. The molecule has 0 aliphatic rings. The van der Waals surface area contributed by atoms with Gasteiger partial charge in [0.25, 0.3) is 5.91 Å². The number of alkyl halides is 2. The van der Waals surface area contributed by atoms with Crippen LogP contribution in [-0.2, 0) is 0 Å². The third-order valence-electron chi connectivity index (χ3n) is 2.93. The van der Waals surface area contributed by atoms with Crippen molar-refractivity contribution in [3.05, 3.63) is 65.5 Å². The van der Waals surface area contributed by atoms with Gasteiger partial charge < -0.3 is 4.74 Å². The van der Waals surface area contributed by atoms with Crippen molar-refractivity contribution in [3.63, 3.8) is 0 Å². The van der Waals surface area contributed by atoms with E-state index < -0.39 is 18.3 Å². The molecule has 23 heavy (non-hydrogen) atoms. The maximum absolute atomic E-state index is 12.8. The summed E-state index contributed by atoms with van der Waals surface area (Å²) in [6, 6.07) is 10.9. The molecule has 0 radical (unpaired) electrons. The standard InChI is InChI=1S/C16H13F3N2O2/c1-10(11-4-8-14(9-5-11)23-16(18)19)20-21-15(22)12-2-6-13(17)7-3-12/h2-9,16H,1H3,(H,21,22). The van der Waals surface area contributed by atoms with Crippen LogP contribution in [0.4, 0.5) is 13.2 Å². The maximum atomic E-state index is 12.8. The molecule has 0 aliphatic carbocycles. The van der Waals surface area contributed by atoms with Crippen LogP contribution in [0.2, 0.25) is 0 Å². The van der Waals surface area contributed by atoms with Crippen molar-refractivity contribution >= 4 is 11.6 Å². The smallest absolute Gasteiger partial charge is 0.387 e. The number of hydrogen-bond acceptors (Lipinski definition) is 3. The predicted octanol–water partition coefficient (Wildman–Crippen LogP) is 3.58. The van der Waals surface area contributed by atoms with E-state index in [-0.39, 0.29) is 11.3 Å². The van der Waals surface area contributed by atoms with E-state index >= 15 is 0 Å². The Labute approximate surface area is 130 Å². The lowest BCUT2D eigenvalue weighted by Crippen LogP contribution is -2.19. The zero-order valence-corrected chi connectivity index (χ0v) is 12.1. The van der Waals surface area contributed by atoms with E-state index in [0.717, 1.165) is 0 Å². The van der Waals surface area contributed by atoms with Crippen molar-refractivity contribution < 1.29 is 22.7 Å². The largest absolute Gasteiger partial charge is 0.435 e. The number of halogens is 3. The average molecular weight is 322 g/mol. The van der Waals surface area contributed by atoms with Gasteiger partial charge in [-0.1, -0.05) is 0 Å². The lowest BCUT2D eigenvalue weighted by atomic mass is 10.1. The predicted molar refractivity (Wildman–Crippen MR) is 79.2 cm³/mol. The zero-order valence-electron chi connectivity index (χ0n) is 12.1. The van der Waals surface area contributed by atoms with Gasteiger partial charge in [-0.15, -0.1) is 0 Å². The van der Waals surface area contributed by atoms with Crippen LogP contribution in [0, 0.1) is 5.82 Å². The van der Waals surface area contributed by atoms with Gasteiger partial charge in [-0.2, -0.15) is 13.9 Å². The first-order valence-corrected chi connectivity index (χ1v) is 6.61. The number of rotatable bonds is 5. The maximum Gasteiger partial charge on any atom is 0.387 e. The molecule has 0 aliphatic heterocycles. The highest BCUT2D eigenvalue weighted by Gasteiger charge is 2.06. The fourth-order valence-electron chi connectivity index (χ4n) is 1.74. The summed E-state index contributed by atoms with van der Waals surface area (Å²) < 4.78 is 41.1. The second kappa shape index (κ2) is 7.44. The van der Waals surface area contributed by atoms with E-state index in [4.69, 9.17) is 0 Å². The molecule has 1 N–H and O–H groups in total. The van der Waals surface area contributed by atoms with Crippen LogP contribution in [0.5, 0.6) is 5.75 Å². The first-order chi connectivity index (χ1) is 11.0. The summed E-state index contributed by atoms with van der Waals surface area (Å²) >= 11 is 0. The third-order valence-corrected chi connectivity index (χ3v) is 2.93. The Hall–Kier alpha value is -2.83. The molecule has 0 saturated carbocycles. The third kappa shape index (κ3) is 4.84. The van der Waals surface area contributed by atoms with Gasteiger partial charge >= 0.3 is 6.61 Å². The second-order valence-corrected chi connectivity index (χ2v) is 4.55. The lowest BCUT2D eigenvalue weighted by Gasteiger charge is -2.06. The van der Waals surface area contributed by atoms with E-state index in [1.54, 1.807) is 19.1 Å². The Morgan fingerprint density at radius 2 is 1.61 bits per heavy atom. The molecular weight excluding hydrogens is 309 g/mol. The lowest BCUT2D eigenvalue weighted by molar-refractivity contribution is -0.0498. The number of hydrogen-bond donors (Lipinski definition) is 1. The summed E-state index contributed by atoms with van der Waals surface area (Å²) in [6.45, 7) is -1.24. The van der Waals surface area contributed by atoms with Gasteiger partial charge in [-0.05, 0) is 61.0 Å². The van der Waals surface area contributed by atoms with E-state index in [9.17, 15) is 18.0 Å². The molecule has 1 amide bonds. The molecule has 0 unspecified atom stereocenters. The highest BCUT2D eigenvalue weighted by Crippen LogP contribution is 2.15. The van der Waals surface area contributed by atoms with Gasteiger partial charge in [0.2, 0.25) is 0 Å². The summed E-state index contributed by atoms with van der Waals surface area (Å²) in [7, 11) is 0. The zero-order chi connectivity index (χ0) is 16.8. The van der Waals surface area contributed by atoms with E-state index in [1.807, 2.05) is 0 Å². The topological polar surface area (TPSA) is 50.7 Å². The van der Waals surface area contributed by atoms with Crippen molar-refractivity contribution in [3.8, 4) is 5.75 Å². The quantitative estimate of drug-likeness (QED) is 0.676. The fourth-order valence-corrected chi connectivity index (χ4v) is 1.74. The number of carbonyl (C=O) groups excluding carboxylic acids is 1. The molecule has 0 atom stereocenters. The Bertz CT molecular complexity index is 698. The summed E-state index contributed by atoms with van der Waals surface area (Å²) in [6.07, 6.45) is 0. The minimum Gasteiger partial charge on any atom is -0.435 e. The van der Waals surface area contributed by atoms with Gasteiger partial charge in [0, 0.05) is 5.56 Å². The molecular formula is C16H13F3N2O2. The molecule has 2 aromatic carbocycles. The Morgan fingerprint density at radius 1 is 1.04 bits per heavy atom. The molecule has 0 heterocycles. The molecule has 2 aromatic rings. The fraction of sp³-hybridized carbons (Fsp3) is 0.125. The van der Waals surface area contributed by atoms with E-state index in [2.05, 4.69) is 15.3 Å². The normalized spacial score (nSPS) is 11.4. The Balaban J connectivity index is 2.01. The second-order valence-electron chi connectivity index (χ2n) is 4.55. The van der Waals surface area contributed by atoms with Crippen molar-refractivity contribution in [2.24, 2.45) is 5.10 Å².